The van der Waals surface area contributed by atoms with Crippen LogP contribution in [-0.4, -0.2) is 15.9 Å². The van der Waals surface area contributed by atoms with E-state index >= 15 is 0 Å². The molecule has 11 heteroatoms. The molecule has 1 heterocycles. The molecule has 0 saturated heterocycles. The van der Waals surface area contributed by atoms with Crippen molar-refractivity contribution in [3.8, 4) is 22.9 Å². The molecule has 1 N–H and O–H groups in total. The van der Waals surface area contributed by atoms with Crippen LogP contribution < -0.4 is 4.74 Å². The van der Waals surface area contributed by atoms with Gasteiger partial charge in [-0.05, 0) is 33.6 Å². The number of aromatic amines is 1. The molecular formula is C14H6BrCl2F5N2O. The second-order valence-electron chi connectivity index (χ2n) is 4.66. The van der Waals surface area contributed by atoms with Gasteiger partial charge < -0.3 is 9.72 Å². The van der Waals surface area contributed by atoms with E-state index in [2.05, 4.69) is 25.7 Å². The molecule has 0 saturated carbocycles. The van der Waals surface area contributed by atoms with Crippen molar-refractivity contribution in [1.82, 2.24) is 4.98 Å². The number of alkyl halides is 7. The number of nitrogens with zero attached hydrogens (tertiary/aromatic N) is 1. The van der Waals surface area contributed by atoms with Crippen molar-refractivity contribution in [1.29, 1.82) is 5.26 Å². The summed E-state index contributed by atoms with van der Waals surface area (Å²) in [7, 11) is 0. The average Bonchev–Trinajstić information content (AvgIpc) is 2.84. The summed E-state index contributed by atoms with van der Waals surface area (Å²) < 4.78 is 70.6. The molecule has 0 amide bonds. The van der Waals surface area contributed by atoms with Gasteiger partial charge in [-0.1, -0.05) is 35.3 Å². The highest BCUT2D eigenvalue weighted by Gasteiger charge is 2.41. The first-order chi connectivity index (χ1) is 11.5. The quantitative estimate of drug-likeness (QED) is 0.439. The molecule has 0 spiro atoms. The predicted octanol–water partition coefficient (Wildman–Crippen LogP) is 6.11. The summed E-state index contributed by atoms with van der Waals surface area (Å²) in [4.78, 5) is 0.161. The van der Waals surface area contributed by atoms with Gasteiger partial charge in [0.1, 0.15) is 23.1 Å². The van der Waals surface area contributed by atoms with E-state index < -0.39 is 28.4 Å². The maximum absolute atomic E-state index is 13.3. The Kier molecular flexibility index (Phi) is 5.56. The van der Waals surface area contributed by atoms with Gasteiger partial charge in [-0.2, -0.15) is 27.2 Å². The molecule has 0 aliphatic carbocycles. The van der Waals surface area contributed by atoms with Crippen LogP contribution in [0.3, 0.4) is 0 Å². The molecule has 0 fully saturated rings. The lowest BCUT2D eigenvalue weighted by Crippen LogP contribution is -2.32. The van der Waals surface area contributed by atoms with Crippen LogP contribution in [-0.2, 0) is 6.18 Å². The maximum atomic E-state index is 13.3. The molecule has 134 valence electrons. The zero-order valence-electron chi connectivity index (χ0n) is 11.8. The summed E-state index contributed by atoms with van der Waals surface area (Å²) in [6.07, 6.45) is -8.67. The van der Waals surface area contributed by atoms with Crippen molar-refractivity contribution < 1.29 is 26.7 Å². The normalized spacial score (nSPS) is 12.3. The zero-order chi connectivity index (χ0) is 19.0. The van der Waals surface area contributed by atoms with Crippen molar-refractivity contribution in [3.63, 3.8) is 0 Å². The van der Waals surface area contributed by atoms with E-state index in [-0.39, 0.29) is 21.5 Å². The van der Waals surface area contributed by atoms with Crippen LogP contribution in [0.5, 0.6) is 5.75 Å². The number of hydrogen-bond acceptors (Lipinski definition) is 2. The van der Waals surface area contributed by atoms with E-state index in [0.29, 0.717) is 0 Å². The van der Waals surface area contributed by atoms with Crippen LogP contribution in [0, 0.1) is 11.3 Å². The Labute approximate surface area is 156 Å². The fraction of sp³-hybridized carbons (Fsp3) is 0.214. The largest absolute Gasteiger partial charge is 0.431 e. The van der Waals surface area contributed by atoms with Gasteiger partial charge in [0.05, 0.1) is 4.60 Å². The summed E-state index contributed by atoms with van der Waals surface area (Å²) >= 11 is 13.1. The van der Waals surface area contributed by atoms with Crippen molar-refractivity contribution in [2.45, 2.75) is 17.1 Å². The topological polar surface area (TPSA) is 48.8 Å². The molecule has 1 aromatic heterocycles. The van der Waals surface area contributed by atoms with E-state index in [0.717, 1.165) is 24.3 Å². The predicted molar refractivity (Wildman–Crippen MR) is 84.7 cm³/mol. The summed E-state index contributed by atoms with van der Waals surface area (Å²) in [5.74, 6) is -0.347. The van der Waals surface area contributed by atoms with Crippen LogP contribution >= 0.6 is 39.1 Å². The third kappa shape index (κ3) is 4.19. The van der Waals surface area contributed by atoms with Crippen molar-refractivity contribution in [2.24, 2.45) is 0 Å². The smallest absolute Gasteiger partial charge is 0.428 e. The highest BCUT2D eigenvalue weighted by molar-refractivity contribution is 9.10. The van der Waals surface area contributed by atoms with E-state index in [1.54, 1.807) is 0 Å². The standard InChI is InChI=1S/C14H6BrCl2F5N2O/c15-11-9(10(13(18,19)20)8(5-23)24-11)6-1-3-7(4-2-6)25-14(21,22)12(16)17/h1-4,12,24H. The number of rotatable bonds is 4. The van der Waals surface area contributed by atoms with Crippen molar-refractivity contribution in [2.75, 3.05) is 0 Å². The third-order valence-electron chi connectivity index (χ3n) is 3.00. The fourth-order valence-corrected chi connectivity index (χ4v) is 2.71. The van der Waals surface area contributed by atoms with E-state index in [9.17, 15) is 22.0 Å². The minimum Gasteiger partial charge on any atom is -0.431 e. The number of ether oxygens (including phenoxy) is 1. The molecule has 0 aliphatic heterocycles. The van der Waals surface area contributed by atoms with Gasteiger partial charge in [-0.15, -0.1) is 0 Å². The highest BCUT2D eigenvalue weighted by Crippen LogP contribution is 2.43. The Morgan fingerprint density at radius 3 is 2.12 bits per heavy atom. The van der Waals surface area contributed by atoms with Crippen LogP contribution in [0.2, 0.25) is 0 Å². The van der Waals surface area contributed by atoms with Gasteiger partial charge in [0.2, 0.25) is 4.84 Å². The molecule has 1 aromatic carbocycles. The minimum absolute atomic E-state index is 0.0286. The number of aromatic nitrogens is 1. The minimum atomic E-state index is -4.80. The Balaban J connectivity index is 2.45. The highest BCUT2D eigenvalue weighted by atomic mass is 79.9. The lowest BCUT2D eigenvalue weighted by atomic mass is 10.0. The first kappa shape index (κ1) is 19.8. The van der Waals surface area contributed by atoms with E-state index in [1.165, 1.54) is 6.07 Å². The molecular weight excluding hydrogens is 458 g/mol. The number of nitrogens with one attached hydrogen (secondary N) is 1. The van der Waals surface area contributed by atoms with E-state index in [4.69, 9.17) is 28.5 Å². The number of nitriles is 1. The molecule has 2 aromatic rings. The first-order valence-corrected chi connectivity index (χ1v) is 7.98. The molecule has 0 atom stereocenters. The summed E-state index contributed by atoms with van der Waals surface area (Å²) in [5.41, 5.74) is -2.13. The van der Waals surface area contributed by atoms with Gasteiger partial charge in [0.25, 0.3) is 0 Å². The molecule has 0 radical (unpaired) electrons. The van der Waals surface area contributed by atoms with Gasteiger partial charge in [0, 0.05) is 5.56 Å². The number of hydrogen-bond donors (Lipinski definition) is 1. The second kappa shape index (κ2) is 7.02. The van der Waals surface area contributed by atoms with Crippen molar-refractivity contribution >= 4 is 39.1 Å². The SMILES string of the molecule is N#Cc1[nH]c(Br)c(-c2ccc(OC(F)(F)C(Cl)Cl)cc2)c1C(F)(F)F. The average molecular weight is 464 g/mol. The Bertz CT molecular complexity index is 812. The van der Waals surface area contributed by atoms with Crippen LogP contribution in [0.4, 0.5) is 22.0 Å². The maximum Gasteiger partial charge on any atom is 0.428 e. The number of benzene rings is 1. The molecule has 25 heavy (non-hydrogen) atoms. The number of halogens is 8. The molecule has 0 bridgehead atoms. The first-order valence-electron chi connectivity index (χ1n) is 6.31. The monoisotopic (exact) mass is 462 g/mol. The Morgan fingerprint density at radius 2 is 1.68 bits per heavy atom. The van der Waals surface area contributed by atoms with Crippen LogP contribution in [0.25, 0.3) is 11.1 Å². The van der Waals surface area contributed by atoms with Gasteiger partial charge in [-0.3, -0.25) is 0 Å². The van der Waals surface area contributed by atoms with Gasteiger partial charge in [-0.25, -0.2) is 0 Å². The molecule has 0 aliphatic rings. The van der Waals surface area contributed by atoms with Gasteiger partial charge in [0.15, 0.2) is 0 Å². The fourth-order valence-electron chi connectivity index (χ4n) is 2.00. The molecule has 3 nitrogen and oxygen atoms in total. The van der Waals surface area contributed by atoms with Crippen LogP contribution in [0.1, 0.15) is 11.3 Å². The lowest BCUT2D eigenvalue weighted by Gasteiger charge is -2.18. The molecule has 2 rings (SSSR count). The zero-order valence-corrected chi connectivity index (χ0v) is 14.9. The Morgan fingerprint density at radius 1 is 1.12 bits per heavy atom. The van der Waals surface area contributed by atoms with Crippen LogP contribution in [0.15, 0.2) is 28.9 Å². The second-order valence-corrected chi connectivity index (χ2v) is 6.55. The van der Waals surface area contributed by atoms with Crippen molar-refractivity contribution in [3.05, 3.63) is 40.1 Å². The lowest BCUT2D eigenvalue weighted by molar-refractivity contribution is -0.163. The van der Waals surface area contributed by atoms with E-state index in [1.807, 2.05) is 0 Å². The summed E-state index contributed by atoms with van der Waals surface area (Å²) in [6.45, 7) is 0. The summed E-state index contributed by atoms with van der Waals surface area (Å²) in [5, 5.41) is 8.86. The third-order valence-corrected chi connectivity index (χ3v) is 4.10. The number of H-pyrrole nitrogens is 1. The Hall–Kier alpha value is -1.50. The summed E-state index contributed by atoms with van der Waals surface area (Å²) in [6, 6.07) is 5.76. The van der Waals surface area contributed by atoms with Gasteiger partial charge >= 0.3 is 12.3 Å². The molecule has 0 unspecified atom stereocenters.